The van der Waals surface area contributed by atoms with Crippen LogP contribution in [0.4, 0.5) is 0 Å². The molecule has 2 aromatic carbocycles. The number of nitrogens with one attached hydrogen (secondary N) is 1. The fourth-order valence-electron chi connectivity index (χ4n) is 4.16. The van der Waals surface area contributed by atoms with Crippen LogP contribution in [-0.4, -0.2) is 55.4 Å². The summed E-state index contributed by atoms with van der Waals surface area (Å²) in [5, 5.41) is 2.43. The fourth-order valence-corrected chi connectivity index (χ4v) is 7.81. The van der Waals surface area contributed by atoms with Gasteiger partial charge in [0.25, 0.3) is 5.91 Å². The molecule has 3 atom stereocenters. The molecule has 0 unspecified atom stereocenters. The van der Waals surface area contributed by atoms with Crippen LogP contribution in [0.5, 0.6) is 5.75 Å². The molecule has 1 N–H and O–H groups in total. The van der Waals surface area contributed by atoms with Gasteiger partial charge in [0.05, 0.1) is 0 Å². The average Bonchev–Trinajstić information content (AvgIpc) is 3.05. The number of carbonyl (C=O) groups excluding carboxylic acids is 3. The van der Waals surface area contributed by atoms with Gasteiger partial charge in [0.15, 0.2) is 12.1 Å². The number of hydrogen-bond donors (Lipinski definition) is 1. The molecule has 4 rings (SSSR count). The number of benzene rings is 2. The standard InChI is InChI=1S/C24H25IN2O5S/c1-23(2)24(15-25,22(30)32-13-16-9-5-3-6-10-16)27-20(29)19(21(27)33-23)26-18(28)14-31-17-11-7-4-8-12-17/h3-12,19,21H,13-15H2,1-2H3,(H,26,28)/t19-,21+,24-/m0/s1. The van der Waals surface area contributed by atoms with Crippen LogP contribution in [-0.2, 0) is 25.7 Å². The molecule has 0 aromatic heterocycles. The lowest BCUT2D eigenvalue weighted by atomic mass is 9.82. The van der Waals surface area contributed by atoms with Gasteiger partial charge in [-0.15, -0.1) is 11.8 Å². The minimum Gasteiger partial charge on any atom is -0.484 e. The molecule has 7 nitrogen and oxygen atoms in total. The van der Waals surface area contributed by atoms with E-state index in [0.29, 0.717) is 10.2 Å². The Kier molecular flexibility index (Phi) is 6.90. The highest BCUT2D eigenvalue weighted by molar-refractivity contribution is 14.1. The summed E-state index contributed by atoms with van der Waals surface area (Å²) in [6, 6.07) is 17.8. The Bertz CT molecular complexity index is 1040. The second-order valence-electron chi connectivity index (χ2n) is 8.43. The lowest BCUT2D eigenvalue weighted by Crippen LogP contribution is -2.76. The monoisotopic (exact) mass is 580 g/mol. The van der Waals surface area contributed by atoms with E-state index in [9.17, 15) is 14.4 Å². The predicted molar refractivity (Wildman–Crippen MR) is 134 cm³/mol. The molecule has 0 saturated carbocycles. The van der Waals surface area contributed by atoms with Crippen LogP contribution in [0.25, 0.3) is 0 Å². The van der Waals surface area contributed by atoms with E-state index in [2.05, 4.69) is 27.9 Å². The second-order valence-corrected chi connectivity index (χ2v) is 10.9. The molecular weight excluding hydrogens is 555 g/mol. The van der Waals surface area contributed by atoms with Crippen molar-refractivity contribution >= 4 is 52.1 Å². The maximum absolute atomic E-state index is 13.4. The molecule has 0 bridgehead atoms. The van der Waals surface area contributed by atoms with Gasteiger partial charge >= 0.3 is 5.97 Å². The van der Waals surface area contributed by atoms with Crippen molar-refractivity contribution in [3.8, 4) is 5.75 Å². The summed E-state index contributed by atoms with van der Waals surface area (Å²) >= 11 is 3.65. The number of amides is 2. The normalized spacial score (nSPS) is 25.1. The average molecular weight is 580 g/mol. The molecule has 2 aliphatic heterocycles. The van der Waals surface area contributed by atoms with Crippen molar-refractivity contribution in [1.29, 1.82) is 0 Å². The largest absolute Gasteiger partial charge is 0.484 e. The zero-order valence-corrected chi connectivity index (χ0v) is 21.3. The Morgan fingerprint density at radius 2 is 1.73 bits per heavy atom. The lowest BCUT2D eigenvalue weighted by molar-refractivity contribution is -0.174. The topological polar surface area (TPSA) is 84.9 Å². The zero-order valence-electron chi connectivity index (χ0n) is 18.3. The lowest BCUT2D eigenvalue weighted by Gasteiger charge is -2.49. The first kappa shape index (κ1) is 23.9. The number of para-hydroxylation sites is 1. The Morgan fingerprint density at radius 1 is 1.09 bits per heavy atom. The van der Waals surface area contributed by atoms with E-state index in [-0.39, 0.29) is 30.4 Å². The van der Waals surface area contributed by atoms with Crippen molar-refractivity contribution in [2.75, 3.05) is 11.0 Å². The molecule has 2 aliphatic rings. The Morgan fingerprint density at radius 3 is 2.36 bits per heavy atom. The summed E-state index contributed by atoms with van der Waals surface area (Å²) in [6.07, 6.45) is 0. The number of carbonyl (C=O) groups is 3. The van der Waals surface area contributed by atoms with Gasteiger partial charge in [-0.2, -0.15) is 0 Å². The molecule has 2 saturated heterocycles. The summed E-state index contributed by atoms with van der Waals surface area (Å²) in [6.45, 7) is 3.85. The molecule has 2 heterocycles. The summed E-state index contributed by atoms with van der Waals surface area (Å²) in [5.41, 5.74) is -0.232. The van der Waals surface area contributed by atoms with Gasteiger partial charge in [-0.05, 0) is 31.5 Å². The van der Waals surface area contributed by atoms with Gasteiger partial charge in [0, 0.05) is 9.17 Å². The first-order valence-corrected chi connectivity index (χ1v) is 13.0. The predicted octanol–water partition coefficient (Wildman–Crippen LogP) is 3.16. The molecule has 33 heavy (non-hydrogen) atoms. The van der Waals surface area contributed by atoms with E-state index in [4.69, 9.17) is 9.47 Å². The van der Waals surface area contributed by atoms with Crippen molar-refractivity contribution in [3.05, 3.63) is 66.2 Å². The third-order valence-corrected chi connectivity index (χ3v) is 8.79. The van der Waals surface area contributed by atoms with Crippen LogP contribution in [0.1, 0.15) is 19.4 Å². The SMILES string of the molecule is CC1(C)S[C@@H]2[C@@H](NC(=O)COc3ccccc3)C(=O)N2[C@@]1(CI)C(=O)OCc1ccccc1. The summed E-state index contributed by atoms with van der Waals surface area (Å²) in [7, 11) is 0. The van der Waals surface area contributed by atoms with Gasteiger partial charge in [-0.1, -0.05) is 71.1 Å². The van der Waals surface area contributed by atoms with E-state index in [0.717, 1.165) is 5.56 Å². The van der Waals surface area contributed by atoms with E-state index < -0.39 is 22.3 Å². The molecule has 0 aliphatic carbocycles. The van der Waals surface area contributed by atoms with Crippen LogP contribution in [0.15, 0.2) is 60.7 Å². The van der Waals surface area contributed by atoms with Crippen molar-refractivity contribution in [1.82, 2.24) is 10.2 Å². The maximum atomic E-state index is 13.4. The third kappa shape index (κ3) is 4.32. The highest BCUT2D eigenvalue weighted by atomic mass is 127. The van der Waals surface area contributed by atoms with Crippen LogP contribution in [0, 0.1) is 0 Å². The molecule has 2 fully saturated rings. The number of fused-ring (bicyclic) bond motifs is 1. The zero-order chi connectivity index (χ0) is 23.6. The number of β-lactam (4-membered cyclic amide) rings is 1. The molecule has 174 valence electrons. The van der Waals surface area contributed by atoms with E-state index in [1.165, 1.54) is 11.8 Å². The number of halogens is 1. The van der Waals surface area contributed by atoms with E-state index in [1.54, 1.807) is 17.0 Å². The second kappa shape index (κ2) is 9.54. The molecule has 2 amide bonds. The van der Waals surface area contributed by atoms with Crippen LogP contribution >= 0.6 is 34.4 Å². The van der Waals surface area contributed by atoms with Crippen LogP contribution in [0.3, 0.4) is 0 Å². The third-order valence-electron chi connectivity index (χ3n) is 6.04. The minimum atomic E-state index is -1.11. The molecule has 2 aromatic rings. The molecule has 0 radical (unpaired) electrons. The highest BCUT2D eigenvalue weighted by Gasteiger charge is 2.72. The van der Waals surface area contributed by atoms with Crippen molar-refractivity contribution in [3.63, 3.8) is 0 Å². The highest BCUT2D eigenvalue weighted by Crippen LogP contribution is 2.57. The Balaban J connectivity index is 1.43. The van der Waals surface area contributed by atoms with Gasteiger partial charge in [0.1, 0.15) is 23.8 Å². The van der Waals surface area contributed by atoms with Crippen molar-refractivity contribution in [2.45, 2.75) is 42.2 Å². The van der Waals surface area contributed by atoms with Gasteiger partial charge < -0.3 is 19.7 Å². The Labute approximate surface area is 210 Å². The smallest absolute Gasteiger partial charge is 0.334 e. The minimum absolute atomic E-state index is 0.141. The van der Waals surface area contributed by atoms with Crippen molar-refractivity contribution < 1.29 is 23.9 Å². The molecular formula is C24H25IN2O5S. The van der Waals surface area contributed by atoms with Gasteiger partial charge in [-0.25, -0.2) is 4.79 Å². The van der Waals surface area contributed by atoms with Gasteiger partial charge in [-0.3, -0.25) is 9.59 Å². The fraction of sp³-hybridized carbons (Fsp3) is 0.375. The van der Waals surface area contributed by atoms with E-state index in [1.807, 2.05) is 62.4 Å². The number of rotatable bonds is 8. The number of thioether (sulfide) groups is 1. The maximum Gasteiger partial charge on any atom is 0.334 e. The summed E-state index contributed by atoms with van der Waals surface area (Å²) < 4.78 is 11.0. The van der Waals surface area contributed by atoms with E-state index >= 15 is 0 Å². The number of hydrogen-bond acceptors (Lipinski definition) is 6. The first-order chi connectivity index (χ1) is 15.8. The summed E-state index contributed by atoms with van der Waals surface area (Å²) in [5.74, 6) is -0.504. The first-order valence-electron chi connectivity index (χ1n) is 10.6. The number of ether oxygens (including phenoxy) is 2. The van der Waals surface area contributed by atoms with Crippen molar-refractivity contribution in [2.24, 2.45) is 0 Å². The van der Waals surface area contributed by atoms with Crippen LogP contribution < -0.4 is 10.1 Å². The number of esters is 1. The molecule has 0 spiro atoms. The number of alkyl halides is 1. The van der Waals surface area contributed by atoms with Gasteiger partial charge in [0.2, 0.25) is 5.91 Å². The molecule has 9 heteroatoms. The Hall–Kier alpha value is -2.27. The quantitative estimate of drug-likeness (QED) is 0.224. The van der Waals surface area contributed by atoms with Crippen LogP contribution in [0.2, 0.25) is 0 Å². The summed E-state index contributed by atoms with van der Waals surface area (Å²) in [4.78, 5) is 40.5. The number of nitrogens with zero attached hydrogens (tertiary/aromatic N) is 1.